The third kappa shape index (κ3) is 4.50. The molecule has 2 atom stereocenters. The molecule has 3 N–H and O–H groups in total. The van der Waals surface area contributed by atoms with Crippen LogP contribution in [0.4, 0.5) is 4.79 Å². The molecule has 0 spiro atoms. The summed E-state index contributed by atoms with van der Waals surface area (Å²) in [4.78, 5) is 25.7. The van der Waals surface area contributed by atoms with E-state index < -0.39 is 12.1 Å². The predicted molar refractivity (Wildman–Crippen MR) is 65.3 cm³/mol. The molecule has 0 bridgehead atoms. The van der Waals surface area contributed by atoms with E-state index in [0.717, 1.165) is 0 Å². The quantitative estimate of drug-likeness (QED) is 0.599. The molecule has 0 saturated carbocycles. The zero-order chi connectivity index (χ0) is 13.7. The minimum absolute atomic E-state index is 0.0279. The number of carboxylic acids is 1. The van der Waals surface area contributed by atoms with Crippen LogP contribution in [0.15, 0.2) is 0 Å². The number of hydrogen-bond donors (Lipinski definition) is 3. The van der Waals surface area contributed by atoms with Crippen molar-refractivity contribution in [3.05, 3.63) is 0 Å². The van der Waals surface area contributed by atoms with E-state index in [1.807, 2.05) is 19.0 Å². The lowest BCUT2D eigenvalue weighted by atomic mass is 10.2. The number of aliphatic hydroxyl groups is 1. The SMILES string of the molecule is CN(C)CC1CC(O)CN1C(=O)NCCC(=O)O. The number of likely N-dealkylation sites (N-methyl/N-ethyl adjacent to an activating group) is 1. The van der Waals surface area contributed by atoms with Gasteiger partial charge in [-0.1, -0.05) is 0 Å². The highest BCUT2D eigenvalue weighted by Crippen LogP contribution is 2.18. The maximum absolute atomic E-state index is 11.9. The van der Waals surface area contributed by atoms with E-state index in [9.17, 15) is 14.7 Å². The van der Waals surface area contributed by atoms with Crippen molar-refractivity contribution >= 4 is 12.0 Å². The van der Waals surface area contributed by atoms with Crippen LogP contribution in [0.3, 0.4) is 0 Å². The van der Waals surface area contributed by atoms with E-state index in [4.69, 9.17) is 5.11 Å². The van der Waals surface area contributed by atoms with E-state index in [1.165, 1.54) is 0 Å². The highest BCUT2D eigenvalue weighted by atomic mass is 16.4. The molecule has 18 heavy (non-hydrogen) atoms. The van der Waals surface area contributed by atoms with Gasteiger partial charge in [-0.25, -0.2) is 4.79 Å². The minimum atomic E-state index is -0.943. The maximum atomic E-state index is 11.9. The fourth-order valence-electron chi connectivity index (χ4n) is 2.11. The van der Waals surface area contributed by atoms with Gasteiger partial charge in [0.1, 0.15) is 0 Å². The van der Waals surface area contributed by atoms with E-state index in [1.54, 1.807) is 4.90 Å². The van der Waals surface area contributed by atoms with Gasteiger partial charge in [-0.2, -0.15) is 0 Å². The van der Waals surface area contributed by atoms with Crippen molar-refractivity contribution in [2.75, 3.05) is 33.7 Å². The summed E-state index contributed by atoms with van der Waals surface area (Å²) >= 11 is 0. The Labute approximate surface area is 106 Å². The van der Waals surface area contributed by atoms with Crippen molar-refractivity contribution in [3.63, 3.8) is 0 Å². The Balaban J connectivity index is 2.46. The first-order chi connectivity index (χ1) is 8.40. The van der Waals surface area contributed by atoms with Gasteiger partial charge >= 0.3 is 12.0 Å². The molecule has 1 heterocycles. The van der Waals surface area contributed by atoms with Gasteiger partial charge in [-0.05, 0) is 20.5 Å². The van der Waals surface area contributed by atoms with E-state index in [0.29, 0.717) is 19.5 Å². The molecule has 0 aliphatic carbocycles. The van der Waals surface area contributed by atoms with Crippen LogP contribution in [0.2, 0.25) is 0 Å². The molecule has 1 rings (SSSR count). The molecule has 0 aromatic rings. The number of carboxylic acid groups (broad SMARTS) is 1. The second-order valence-electron chi connectivity index (χ2n) is 4.83. The van der Waals surface area contributed by atoms with Crippen molar-refractivity contribution in [2.45, 2.75) is 25.0 Å². The van der Waals surface area contributed by atoms with Gasteiger partial charge in [-0.15, -0.1) is 0 Å². The molecule has 0 radical (unpaired) electrons. The third-order valence-corrected chi connectivity index (χ3v) is 2.84. The number of carbonyl (C=O) groups is 2. The Morgan fingerprint density at radius 3 is 2.67 bits per heavy atom. The normalized spacial score (nSPS) is 23.4. The zero-order valence-corrected chi connectivity index (χ0v) is 10.8. The van der Waals surface area contributed by atoms with Crippen molar-refractivity contribution in [1.82, 2.24) is 15.1 Å². The number of urea groups is 1. The largest absolute Gasteiger partial charge is 0.481 e. The number of aliphatic carboxylic acids is 1. The van der Waals surface area contributed by atoms with Crippen LogP contribution in [0, 0.1) is 0 Å². The molecule has 7 heteroatoms. The average Bonchev–Trinajstić information content (AvgIpc) is 2.57. The second-order valence-corrected chi connectivity index (χ2v) is 4.83. The molecule has 2 unspecified atom stereocenters. The fraction of sp³-hybridized carbons (Fsp3) is 0.818. The standard InChI is InChI=1S/C11H21N3O4/c1-13(2)6-8-5-9(15)7-14(8)11(18)12-4-3-10(16)17/h8-9,15H,3-7H2,1-2H3,(H,12,18)(H,16,17). The zero-order valence-electron chi connectivity index (χ0n) is 10.8. The Bertz CT molecular complexity index is 309. The smallest absolute Gasteiger partial charge is 0.317 e. The van der Waals surface area contributed by atoms with Crippen molar-refractivity contribution in [2.24, 2.45) is 0 Å². The number of β-amino-alcohol motifs (C(OH)–C–C–N with tert-alkyl or cyclic N) is 1. The Morgan fingerprint density at radius 2 is 2.11 bits per heavy atom. The monoisotopic (exact) mass is 259 g/mol. The van der Waals surface area contributed by atoms with E-state index >= 15 is 0 Å². The molecule has 1 saturated heterocycles. The van der Waals surface area contributed by atoms with Gasteiger partial charge in [0.05, 0.1) is 12.5 Å². The van der Waals surface area contributed by atoms with Gasteiger partial charge in [0.2, 0.25) is 0 Å². The first-order valence-electron chi connectivity index (χ1n) is 5.99. The fourth-order valence-corrected chi connectivity index (χ4v) is 2.11. The number of nitrogens with one attached hydrogen (secondary N) is 1. The van der Waals surface area contributed by atoms with Crippen LogP contribution in [0.25, 0.3) is 0 Å². The third-order valence-electron chi connectivity index (χ3n) is 2.84. The van der Waals surface area contributed by atoms with Crippen molar-refractivity contribution in [3.8, 4) is 0 Å². The highest BCUT2D eigenvalue weighted by Gasteiger charge is 2.34. The summed E-state index contributed by atoms with van der Waals surface area (Å²) in [6.45, 7) is 1.09. The molecule has 1 fully saturated rings. The number of nitrogens with zero attached hydrogens (tertiary/aromatic N) is 2. The Hall–Kier alpha value is -1.34. The van der Waals surface area contributed by atoms with Gasteiger partial charge in [-0.3, -0.25) is 4.79 Å². The van der Waals surface area contributed by atoms with E-state index in [-0.39, 0.29) is 25.0 Å². The second kappa shape index (κ2) is 6.55. The number of aliphatic hydroxyl groups excluding tert-OH is 1. The molecular formula is C11H21N3O4. The molecule has 0 aromatic heterocycles. The lowest BCUT2D eigenvalue weighted by Gasteiger charge is -2.26. The lowest BCUT2D eigenvalue weighted by Crippen LogP contribution is -2.46. The van der Waals surface area contributed by atoms with Crippen LogP contribution in [0.1, 0.15) is 12.8 Å². The molecule has 7 nitrogen and oxygen atoms in total. The maximum Gasteiger partial charge on any atom is 0.317 e. The molecule has 1 aliphatic rings. The first-order valence-corrected chi connectivity index (χ1v) is 5.99. The summed E-state index contributed by atoms with van der Waals surface area (Å²) in [5.41, 5.74) is 0. The lowest BCUT2D eigenvalue weighted by molar-refractivity contribution is -0.136. The van der Waals surface area contributed by atoms with Crippen LogP contribution in [0.5, 0.6) is 0 Å². The van der Waals surface area contributed by atoms with E-state index in [2.05, 4.69) is 5.32 Å². The van der Waals surface area contributed by atoms with Crippen LogP contribution in [-0.2, 0) is 4.79 Å². The van der Waals surface area contributed by atoms with Gasteiger partial charge in [0.15, 0.2) is 0 Å². The van der Waals surface area contributed by atoms with Crippen LogP contribution in [-0.4, -0.2) is 77.9 Å². The molecule has 0 aromatic carbocycles. The number of hydrogen-bond acceptors (Lipinski definition) is 4. The predicted octanol–water partition coefficient (Wildman–Crippen LogP) is -0.832. The average molecular weight is 259 g/mol. The number of likely N-dealkylation sites (tertiary alicyclic amines) is 1. The minimum Gasteiger partial charge on any atom is -0.481 e. The summed E-state index contributed by atoms with van der Waals surface area (Å²) in [7, 11) is 3.82. The topological polar surface area (TPSA) is 93.1 Å². The van der Waals surface area contributed by atoms with Crippen LogP contribution >= 0.6 is 0 Å². The summed E-state index contributed by atoms with van der Waals surface area (Å²) in [5.74, 6) is -0.943. The number of carbonyl (C=O) groups excluding carboxylic acids is 1. The Kier molecular flexibility index (Phi) is 5.36. The summed E-state index contributed by atoms with van der Waals surface area (Å²) in [6, 6.07) is -0.334. The number of rotatable bonds is 5. The molecule has 1 aliphatic heterocycles. The highest BCUT2D eigenvalue weighted by molar-refractivity contribution is 5.76. The van der Waals surface area contributed by atoms with Gasteiger partial charge < -0.3 is 25.3 Å². The van der Waals surface area contributed by atoms with Crippen molar-refractivity contribution < 1.29 is 19.8 Å². The summed E-state index contributed by atoms with van der Waals surface area (Å²) in [6.07, 6.45) is -0.0365. The first kappa shape index (κ1) is 14.7. The Morgan fingerprint density at radius 1 is 1.44 bits per heavy atom. The van der Waals surface area contributed by atoms with Crippen molar-refractivity contribution in [1.29, 1.82) is 0 Å². The molecule has 2 amide bonds. The van der Waals surface area contributed by atoms with Gasteiger partial charge in [0, 0.05) is 25.7 Å². The molecular weight excluding hydrogens is 238 g/mol. The summed E-state index contributed by atoms with van der Waals surface area (Å²) < 4.78 is 0. The molecule has 104 valence electrons. The van der Waals surface area contributed by atoms with Crippen LogP contribution < -0.4 is 5.32 Å². The van der Waals surface area contributed by atoms with Gasteiger partial charge in [0.25, 0.3) is 0 Å². The number of amides is 2. The summed E-state index contributed by atoms with van der Waals surface area (Å²) in [5, 5.41) is 20.7.